The van der Waals surface area contributed by atoms with Gasteiger partial charge in [-0.05, 0) is 36.9 Å². The Morgan fingerprint density at radius 1 is 1.26 bits per heavy atom. The van der Waals surface area contributed by atoms with E-state index >= 15 is 0 Å². The third-order valence-corrected chi connectivity index (χ3v) is 5.56. The monoisotopic (exact) mass is 437 g/mol. The summed E-state index contributed by atoms with van der Waals surface area (Å²) in [6.07, 6.45) is 1.79. The second-order valence-corrected chi connectivity index (χ2v) is 8.61. The fourth-order valence-corrected chi connectivity index (χ4v) is 3.82. The van der Waals surface area contributed by atoms with E-state index in [9.17, 15) is 0 Å². The average Bonchev–Trinajstić information content (AvgIpc) is 3.11. The topological polar surface area (TPSA) is 76.7 Å². The number of hydrogen-bond acceptors (Lipinski definition) is 8. The lowest BCUT2D eigenvalue weighted by Gasteiger charge is -2.10. The molecular formula is C17H16ClN5OS3. The Morgan fingerprint density at radius 3 is 2.78 bits per heavy atom. The number of nitrogens with one attached hydrogen (secondary N) is 1. The molecule has 0 fully saturated rings. The van der Waals surface area contributed by atoms with Crippen LogP contribution in [0.5, 0.6) is 0 Å². The van der Waals surface area contributed by atoms with E-state index in [1.165, 1.54) is 11.8 Å². The maximum atomic E-state index is 5.90. The second-order valence-electron chi connectivity index (χ2n) is 5.31. The molecule has 0 saturated heterocycles. The molecule has 0 aliphatic carbocycles. The lowest BCUT2D eigenvalue weighted by Crippen LogP contribution is -2.10. The Morgan fingerprint density at radius 2 is 2.04 bits per heavy atom. The average molecular weight is 438 g/mol. The molecule has 0 spiro atoms. The summed E-state index contributed by atoms with van der Waals surface area (Å²) in [6.45, 7) is 3.89. The summed E-state index contributed by atoms with van der Waals surface area (Å²) in [5.74, 6) is 3.31. The fourth-order valence-electron chi connectivity index (χ4n) is 2.09. The van der Waals surface area contributed by atoms with Crippen molar-refractivity contribution in [2.24, 2.45) is 0 Å². The number of aryl methyl sites for hydroxylation is 1. The molecule has 0 amide bonds. The summed E-state index contributed by atoms with van der Waals surface area (Å²) < 4.78 is 6.41. The van der Waals surface area contributed by atoms with Crippen LogP contribution in [0.2, 0.25) is 5.02 Å². The number of anilines is 1. The first-order valence-corrected chi connectivity index (χ1v) is 10.8. The van der Waals surface area contributed by atoms with Crippen molar-refractivity contribution in [3.8, 4) is 11.5 Å². The Balaban J connectivity index is 1.70. The molecule has 2 heterocycles. The predicted octanol–water partition coefficient (Wildman–Crippen LogP) is 5.23. The third kappa shape index (κ3) is 5.65. The van der Waals surface area contributed by atoms with Crippen LogP contribution in [0.25, 0.3) is 11.5 Å². The molecule has 0 bridgehead atoms. The number of benzene rings is 1. The van der Waals surface area contributed by atoms with Gasteiger partial charge in [-0.15, -0.1) is 10.2 Å². The highest BCUT2D eigenvalue weighted by molar-refractivity contribution is 8.23. The number of thiocarbonyl (C=S) groups is 1. The first-order chi connectivity index (χ1) is 13.0. The van der Waals surface area contributed by atoms with Crippen LogP contribution in [0.4, 0.5) is 5.82 Å². The minimum absolute atomic E-state index is 0.452. The number of thioether (sulfide) groups is 2. The zero-order chi connectivity index (χ0) is 19.2. The van der Waals surface area contributed by atoms with Crippen LogP contribution < -0.4 is 5.32 Å². The van der Waals surface area contributed by atoms with Gasteiger partial charge in [0.1, 0.15) is 16.0 Å². The summed E-state index contributed by atoms with van der Waals surface area (Å²) in [4.78, 5) is 8.73. The molecule has 3 aromatic rings. The molecule has 0 aliphatic rings. The molecule has 6 nitrogen and oxygen atoms in total. The molecule has 1 aromatic carbocycles. The number of aromatic nitrogens is 4. The van der Waals surface area contributed by atoms with Crippen LogP contribution in [-0.4, -0.2) is 30.2 Å². The van der Waals surface area contributed by atoms with Crippen molar-refractivity contribution in [1.82, 2.24) is 20.2 Å². The van der Waals surface area contributed by atoms with Gasteiger partial charge in [0.25, 0.3) is 5.22 Å². The van der Waals surface area contributed by atoms with Gasteiger partial charge >= 0.3 is 0 Å². The van der Waals surface area contributed by atoms with Gasteiger partial charge in [-0.3, -0.25) is 0 Å². The largest absolute Gasteiger partial charge is 0.411 e. The van der Waals surface area contributed by atoms with Crippen molar-refractivity contribution in [3.63, 3.8) is 0 Å². The SMILES string of the molecule is CCSC(=S)Nc1nc(C)ncc1CSc1nnc(-c2ccc(Cl)cc2)o1. The third-order valence-electron chi connectivity index (χ3n) is 3.33. The maximum Gasteiger partial charge on any atom is 0.277 e. The molecule has 0 aliphatic heterocycles. The van der Waals surface area contributed by atoms with Gasteiger partial charge in [-0.2, -0.15) is 0 Å². The Kier molecular flexibility index (Phi) is 7.06. The molecular weight excluding hydrogens is 422 g/mol. The van der Waals surface area contributed by atoms with Gasteiger partial charge in [0.2, 0.25) is 5.89 Å². The lowest BCUT2D eigenvalue weighted by molar-refractivity contribution is 0.466. The highest BCUT2D eigenvalue weighted by atomic mass is 35.5. The molecule has 0 radical (unpaired) electrons. The van der Waals surface area contributed by atoms with E-state index in [2.05, 4.69) is 32.4 Å². The first-order valence-electron chi connectivity index (χ1n) is 8.03. The summed E-state index contributed by atoms with van der Waals surface area (Å²) >= 11 is 14.2. The summed E-state index contributed by atoms with van der Waals surface area (Å²) in [7, 11) is 0. The minimum atomic E-state index is 0.452. The summed E-state index contributed by atoms with van der Waals surface area (Å²) in [5, 5.41) is 12.5. The molecule has 27 heavy (non-hydrogen) atoms. The van der Waals surface area contributed by atoms with Crippen molar-refractivity contribution in [1.29, 1.82) is 0 Å². The zero-order valence-electron chi connectivity index (χ0n) is 14.6. The van der Waals surface area contributed by atoms with Crippen LogP contribution in [0.15, 0.2) is 40.1 Å². The molecule has 1 N–H and O–H groups in total. The standard InChI is InChI=1S/C17H16ClN5OS3/c1-3-26-17(25)21-14-12(8-19-10(2)20-14)9-27-16-23-22-15(24-16)11-4-6-13(18)7-5-11/h4-8H,3,9H2,1-2H3,(H,19,20,21,25). The van der Waals surface area contributed by atoms with Crippen LogP contribution in [0.3, 0.4) is 0 Å². The van der Waals surface area contributed by atoms with E-state index in [4.69, 9.17) is 28.2 Å². The molecule has 0 unspecified atom stereocenters. The van der Waals surface area contributed by atoms with Crippen molar-refractivity contribution in [2.45, 2.75) is 24.8 Å². The number of halogens is 1. The fraction of sp³-hybridized carbons (Fsp3) is 0.235. The van der Waals surface area contributed by atoms with Crippen molar-refractivity contribution in [3.05, 3.63) is 46.9 Å². The zero-order valence-corrected chi connectivity index (χ0v) is 17.8. The van der Waals surface area contributed by atoms with Crippen LogP contribution >= 0.6 is 47.3 Å². The summed E-state index contributed by atoms with van der Waals surface area (Å²) in [6, 6.07) is 7.25. The Hall–Kier alpha value is -1.68. The van der Waals surface area contributed by atoms with Crippen molar-refractivity contribution < 1.29 is 4.42 Å². The van der Waals surface area contributed by atoms with E-state index in [0.717, 1.165) is 16.9 Å². The molecule has 10 heteroatoms. The van der Waals surface area contributed by atoms with Crippen LogP contribution in [0.1, 0.15) is 18.3 Å². The van der Waals surface area contributed by atoms with E-state index in [0.29, 0.717) is 37.9 Å². The van der Waals surface area contributed by atoms with Crippen LogP contribution in [0, 0.1) is 6.92 Å². The predicted molar refractivity (Wildman–Crippen MR) is 115 cm³/mol. The Labute approximate surface area is 175 Å². The minimum Gasteiger partial charge on any atom is -0.411 e. The van der Waals surface area contributed by atoms with Crippen LogP contribution in [-0.2, 0) is 5.75 Å². The number of nitrogens with zero attached hydrogens (tertiary/aromatic N) is 4. The molecule has 0 saturated carbocycles. The van der Waals surface area contributed by atoms with Crippen molar-refractivity contribution in [2.75, 3.05) is 11.1 Å². The van der Waals surface area contributed by atoms with E-state index in [1.807, 2.05) is 19.1 Å². The number of hydrogen-bond donors (Lipinski definition) is 1. The molecule has 140 valence electrons. The summed E-state index contributed by atoms with van der Waals surface area (Å²) in [5.41, 5.74) is 1.73. The van der Waals surface area contributed by atoms with E-state index < -0.39 is 0 Å². The maximum absolute atomic E-state index is 5.90. The highest BCUT2D eigenvalue weighted by Crippen LogP contribution is 2.28. The number of rotatable bonds is 6. The molecule has 3 rings (SSSR count). The van der Waals surface area contributed by atoms with E-state index in [1.54, 1.807) is 30.1 Å². The van der Waals surface area contributed by atoms with Gasteiger partial charge in [0, 0.05) is 28.1 Å². The Bertz CT molecular complexity index is 933. The second kappa shape index (κ2) is 9.50. The quantitative estimate of drug-likeness (QED) is 0.411. The normalized spacial score (nSPS) is 10.8. The van der Waals surface area contributed by atoms with Gasteiger partial charge in [-0.25, -0.2) is 9.97 Å². The van der Waals surface area contributed by atoms with E-state index in [-0.39, 0.29) is 0 Å². The van der Waals surface area contributed by atoms with Crippen molar-refractivity contribution >= 4 is 57.5 Å². The molecule has 0 atom stereocenters. The van der Waals surface area contributed by atoms with Gasteiger partial charge in [-0.1, -0.05) is 54.3 Å². The lowest BCUT2D eigenvalue weighted by atomic mass is 10.2. The smallest absolute Gasteiger partial charge is 0.277 e. The van der Waals surface area contributed by atoms with Gasteiger partial charge in [0.15, 0.2) is 0 Å². The van der Waals surface area contributed by atoms with Gasteiger partial charge < -0.3 is 9.73 Å². The molecule has 2 aromatic heterocycles. The highest BCUT2D eigenvalue weighted by Gasteiger charge is 2.13. The first kappa shape index (κ1) is 20.1. The van der Waals surface area contributed by atoms with Gasteiger partial charge in [0.05, 0.1) is 0 Å².